The van der Waals surface area contributed by atoms with Gasteiger partial charge in [-0.25, -0.2) is 0 Å². The Morgan fingerprint density at radius 3 is 2.68 bits per heavy atom. The van der Waals surface area contributed by atoms with Crippen molar-refractivity contribution in [2.45, 2.75) is 6.42 Å². The number of ether oxygens (including phenoxy) is 2. The van der Waals surface area contributed by atoms with Crippen molar-refractivity contribution in [3.63, 3.8) is 0 Å². The van der Waals surface area contributed by atoms with Gasteiger partial charge in [-0.05, 0) is 12.5 Å². The molecule has 0 radical (unpaired) electrons. The monoisotopic (exact) mass is 286 g/mol. The van der Waals surface area contributed by atoms with Crippen LogP contribution in [-0.4, -0.2) is 56.3 Å². The highest BCUT2D eigenvalue weighted by atomic mass is 35.5. The smallest absolute Gasteiger partial charge is 0.255 e. The van der Waals surface area contributed by atoms with Gasteiger partial charge >= 0.3 is 0 Å². The van der Waals surface area contributed by atoms with E-state index in [0.29, 0.717) is 36.9 Å². The lowest BCUT2D eigenvalue weighted by Gasteiger charge is -2.22. The first-order chi connectivity index (χ1) is 9.20. The van der Waals surface area contributed by atoms with Crippen LogP contribution in [0.3, 0.4) is 0 Å². The highest BCUT2D eigenvalue weighted by Crippen LogP contribution is 2.16. The zero-order valence-corrected chi connectivity index (χ0v) is 12.0. The van der Waals surface area contributed by atoms with Gasteiger partial charge < -0.3 is 14.4 Å². The molecule has 1 aromatic heterocycles. The molecule has 0 aliphatic heterocycles. The Hall–Kier alpha value is -1.17. The van der Waals surface area contributed by atoms with E-state index in [1.165, 1.54) is 6.20 Å². The van der Waals surface area contributed by atoms with Crippen LogP contribution < -0.4 is 0 Å². The zero-order chi connectivity index (χ0) is 14.1. The number of amides is 1. The van der Waals surface area contributed by atoms with Crippen LogP contribution in [0.2, 0.25) is 5.02 Å². The molecule has 1 aromatic rings. The molecule has 1 heterocycles. The van der Waals surface area contributed by atoms with Crippen molar-refractivity contribution in [1.82, 2.24) is 9.88 Å². The summed E-state index contributed by atoms with van der Waals surface area (Å²) in [5.74, 6) is -0.111. The lowest BCUT2D eigenvalue weighted by atomic mass is 10.2. The first-order valence-electron chi connectivity index (χ1n) is 6.07. The van der Waals surface area contributed by atoms with Gasteiger partial charge in [0.15, 0.2) is 0 Å². The zero-order valence-electron chi connectivity index (χ0n) is 11.3. The summed E-state index contributed by atoms with van der Waals surface area (Å²) >= 11 is 5.99. The maximum Gasteiger partial charge on any atom is 0.255 e. The summed E-state index contributed by atoms with van der Waals surface area (Å²) in [5, 5.41) is 0.363. The van der Waals surface area contributed by atoms with E-state index >= 15 is 0 Å². The maximum absolute atomic E-state index is 12.4. The molecule has 106 valence electrons. The molecule has 19 heavy (non-hydrogen) atoms. The fraction of sp³-hybridized carbons (Fsp3) is 0.538. The molecule has 0 saturated heterocycles. The van der Waals surface area contributed by atoms with Crippen LogP contribution in [-0.2, 0) is 9.47 Å². The molecule has 5 nitrogen and oxygen atoms in total. The fourth-order valence-electron chi connectivity index (χ4n) is 1.64. The molecule has 0 N–H and O–H groups in total. The van der Waals surface area contributed by atoms with Gasteiger partial charge in [0.1, 0.15) is 0 Å². The summed E-state index contributed by atoms with van der Waals surface area (Å²) < 4.78 is 10.0. The van der Waals surface area contributed by atoms with Crippen molar-refractivity contribution >= 4 is 17.5 Å². The molecular formula is C13H19ClN2O3. The average molecular weight is 287 g/mol. The van der Waals surface area contributed by atoms with Crippen LogP contribution in [0, 0.1) is 0 Å². The van der Waals surface area contributed by atoms with Gasteiger partial charge in [-0.3, -0.25) is 9.78 Å². The van der Waals surface area contributed by atoms with E-state index < -0.39 is 0 Å². The van der Waals surface area contributed by atoms with Crippen molar-refractivity contribution in [3.8, 4) is 0 Å². The molecule has 0 bridgehead atoms. The number of hydrogen-bond acceptors (Lipinski definition) is 4. The van der Waals surface area contributed by atoms with E-state index in [4.69, 9.17) is 21.1 Å². The number of methoxy groups -OCH3 is 2. The molecule has 0 saturated carbocycles. The van der Waals surface area contributed by atoms with Crippen molar-refractivity contribution in [1.29, 1.82) is 0 Å². The second-order valence-electron chi connectivity index (χ2n) is 3.99. The Balaban J connectivity index is 2.72. The molecule has 0 atom stereocenters. The molecule has 0 aliphatic carbocycles. The summed E-state index contributed by atoms with van der Waals surface area (Å²) in [4.78, 5) is 18.0. The highest BCUT2D eigenvalue weighted by molar-refractivity contribution is 6.33. The molecule has 1 amide bonds. The second-order valence-corrected chi connectivity index (χ2v) is 4.39. The molecule has 1 rings (SSSR count). The third kappa shape index (κ3) is 5.14. The first kappa shape index (κ1) is 15.9. The van der Waals surface area contributed by atoms with Gasteiger partial charge in [0.2, 0.25) is 0 Å². The maximum atomic E-state index is 12.4. The highest BCUT2D eigenvalue weighted by Gasteiger charge is 2.17. The van der Waals surface area contributed by atoms with Crippen molar-refractivity contribution in [2.75, 3.05) is 40.5 Å². The molecule has 0 fully saturated rings. The topological polar surface area (TPSA) is 51.7 Å². The standard InChI is InChI=1S/C13H19ClN2O3/c1-18-8-3-6-16(7-9-19-2)13(17)11-4-5-15-10-12(11)14/h4-5,10H,3,6-9H2,1-2H3. The van der Waals surface area contributed by atoms with E-state index in [-0.39, 0.29) is 5.91 Å². The second kappa shape index (κ2) is 8.85. The van der Waals surface area contributed by atoms with Gasteiger partial charge in [0.25, 0.3) is 5.91 Å². The summed E-state index contributed by atoms with van der Waals surface area (Å²) in [6.45, 7) is 2.23. The van der Waals surface area contributed by atoms with E-state index in [1.54, 1.807) is 31.4 Å². The van der Waals surface area contributed by atoms with Crippen LogP contribution >= 0.6 is 11.6 Å². The first-order valence-corrected chi connectivity index (χ1v) is 6.45. The van der Waals surface area contributed by atoms with Crippen LogP contribution in [0.1, 0.15) is 16.8 Å². The normalized spacial score (nSPS) is 10.5. The minimum atomic E-state index is -0.111. The Bertz CT molecular complexity index is 401. The van der Waals surface area contributed by atoms with Gasteiger partial charge in [0, 0.05) is 46.3 Å². The quantitative estimate of drug-likeness (QED) is 0.685. The minimum absolute atomic E-state index is 0.111. The largest absolute Gasteiger partial charge is 0.385 e. The van der Waals surface area contributed by atoms with Crippen LogP contribution in [0.4, 0.5) is 0 Å². The predicted octanol–water partition coefficient (Wildman–Crippen LogP) is 1.86. The molecule has 0 spiro atoms. The van der Waals surface area contributed by atoms with E-state index in [1.807, 2.05) is 0 Å². The van der Waals surface area contributed by atoms with E-state index in [2.05, 4.69) is 4.98 Å². The van der Waals surface area contributed by atoms with Gasteiger partial charge in [-0.15, -0.1) is 0 Å². The minimum Gasteiger partial charge on any atom is -0.385 e. The number of aromatic nitrogens is 1. The number of nitrogens with zero attached hydrogens (tertiary/aromatic N) is 2. The van der Waals surface area contributed by atoms with Crippen molar-refractivity contribution < 1.29 is 14.3 Å². The SMILES string of the molecule is COCCCN(CCOC)C(=O)c1ccncc1Cl. The molecule has 0 unspecified atom stereocenters. The number of carbonyl (C=O) groups excluding carboxylic acids is 1. The Morgan fingerprint density at radius 1 is 1.32 bits per heavy atom. The number of hydrogen-bond donors (Lipinski definition) is 0. The van der Waals surface area contributed by atoms with Crippen molar-refractivity contribution in [3.05, 3.63) is 29.0 Å². The van der Waals surface area contributed by atoms with E-state index in [9.17, 15) is 4.79 Å². The summed E-state index contributed by atoms with van der Waals surface area (Å²) in [7, 11) is 3.25. The number of carbonyl (C=O) groups is 1. The Kier molecular flexibility index (Phi) is 7.40. The third-order valence-corrected chi connectivity index (χ3v) is 2.93. The Morgan fingerprint density at radius 2 is 2.05 bits per heavy atom. The third-order valence-electron chi connectivity index (χ3n) is 2.63. The van der Waals surface area contributed by atoms with Crippen LogP contribution in [0.5, 0.6) is 0 Å². The van der Waals surface area contributed by atoms with Gasteiger partial charge in [-0.2, -0.15) is 0 Å². The molecule has 0 aliphatic rings. The summed E-state index contributed by atoms with van der Waals surface area (Å²) in [6, 6.07) is 1.63. The fourth-order valence-corrected chi connectivity index (χ4v) is 1.84. The van der Waals surface area contributed by atoms with Gasteiger partial charge in [0.05, 0.1) is 17.2 Å². The molecule has 6 heteroatoms. The summed E-state index contributed by atoms with van der Waals surface area (Å²) in [5.41, 5.74) is 0.463. The lowest BCUT2D eigenvalue weighted by molar-refractivity contribution is 0.0674. The molecular weight excluding hydrogens is 268 g/mol. The number of halogens is 1. The number of rotatable bonds is 8. The molecule has 0 aromatic carbocycles. The predicted molar refractivity (Wildman–Crippen MR) is 73.5 cm³/mol. The van der Waals surface area contributed by atoms with E-state index in [0.717, 1.165) is 6.42 Å². The Labute approximate surface area is 118 Å². The van der Waals surface area contributed by atoms with Crippen LogP contribution in [0.25, 0.3) is 0 Å². The summed E-state index contributed by atoms with van der Waals surface area (Å²) in [6.07, 6.45) is 3.80. The van der Waals surface area contributed by atoms with Crippen molar-refractivity contribution in [2.24, 2.45) is 0 Å². The number of pyridine rings is 1. The van der Waals surface area contributed by atoms with Gasteiger partial charge in [-0.1, -0.05) is 11.6 Å². The lowest BCUT2D eigenvalue weighted by Crippen LogP contribution is -2.35. The average Bonchev–Trinajstić information content (AvgIpc) is 2.42. The van der Waals surface area contributed by atoms with Crippen LogP contribution in [0.15, 0.2) is 18.5 Å².